The van der Waals surface area contributed by atoms with Gasteiger partial charge in [0.25, 0.3) is 0 Å². The van der Waals surface area contributed by atoms with Gasteiger partial charge in [-0.1, -0.05) is 6.07 Å². The third kappa shape index (κ3) is 2.77. The minimum absolute atomic E-state index is 0.852. The highest BCUT2D eigenvalue weighted by Gasteiger charge is 2.20. The molecular weight excluding hydrogens is 304 g/mol. The second-order valence-corrected chi connectivity index (χ2v) is 6.95. The minimum atomic E-state index is 0.852. The van der Waals surface area contributed by atoms with Gasteiger partial charge in [0.2, 0.25) is 0 Å². The maximum Gasteiger partial charge on any atom is 0.132 e. The number of benzene rings is 1. The Morgan fingerprint density at radius 1 is 0.957 bits per heavy atom. The lowest BCUT2D eigenvalue weighted by atomic mass is 10.2. The molecule has 0 spiro atoms. The van der Waals surface area contributed by atoms with E-state index in [-0.39, 0.29) is 0 Å². The van der Waals surface area contributed by atoms with Gasteiger partial charge in [-0.3, -0.25) is 0 Å². The van der Waals surface area contributed by atoms with Crippen LogP contribution in [0.2, 0.25) is 0 Å². The van der Waals surface area contributed by atoms with Crippen LogP contribution in [-0.4, -0.2) is 36.1 Å². The van der Waals surface area contributed by atoms with Gasteiger partial charge in [0.15, 0.2) is 0 Å². The Morgan fingerprint density at radius 2 is 1.74 bits per heavy atom. The Bertz CT molecular complexity index is 814. The normalized spacial score (nSPS) is 15.4. The van der Waals surface area contributed by atoms with Gasteiger partial charge < -0.3 is 9.80 Å². The fourth-order valence-electron chi connectivity index (χ4n) is 3.29. The number of piperazine rings is 1. The Kier molecular flexibility index (Phi) is 3.65. The maximum atomic E-state index is 4.60. The number of hydrogen-bond donors (Lipinski definition) is 0. The van der Waals surface area contributed by atoms with Gasteiger partial charge in [-0.25, -0.2) is 9.97 Å². The van der Waals surface area contributed by atoms with E-state index in [4.69, 9.17) is 0 Å². The number of anilines is 2. The lowest BCUT2D eigenvalue weighted by molar-refractivity contribution is 0.646. The topological polar surface area (TPSA) is 32.3 Å². The van der Waals surface area contributed by atoms with Gasteiger partial charge in [0, 0.05) is 53.7 Å². The SMILES string of the molecule is Cc1cc(N2CCN(c3cccc4sccc34)CC2)nc(C)n1. The molecule has 0 saturated carbocycles. The van der Waals surface area contributed by atoms with Crippen LogP contribution in [0.25, 0.3) is 10.1 Å². The molecule has 0 N–H and O–H groups in total. The van der Waals surface area contributed by atoms with E-state index in [1.54, 1.807) is 0 Å². The zero-order valence-corrected chi connectivity index (χ0v) is 14.3. The molecule has 1 aromatic carbocycles. The number of nitrogens with zero attached hydrogens (tertiary/aromatic N) is 4. The van der Waals surface area contributed by atoms with Crippen molar-refractivity contribution in [3.8, 4) is 0 Å². The summed E-state index contributed by atoms with van der Waals surface area (Å²) in [6.07, 6.45) is 0. The number of aryl methyl sites for hydroxylation is 2. The van der Waals surface area contributed by atoms with Crippen molar-refractivity contribution in [3.63, 3.8) is 0 Å². The van der Waals surface area contributed by atoms with Gasteiger partial charge >= 0.3 is 0 Å². The third-order valence-electron chi connectivity index (χ3n) is 4.37. The van der Waals surface area contributed by atoms with Crippen LogP contribution in [0, 0.1) is 13.8 Å². The first-order chi connectivity index (χ1) is 11.2. The van der Waals surface area contributed by atoms with Crippen molar-refractivity contribution in [3.05, 3.63) is 47.2 Å². The van der Waals surface area contributed by atoms with Crippen LogP contribution < -0.4 is 9.80 Å². The Morgan fingerprint density at radius 3 is 2.52 bits per heavy atom. The second-order valence-electron chi connectivity index (χ2n) is 6.00. The molecule has 23 heavy (non-hydrogen) atoms. The third-order valence-corrected chi connectivity index (χ3v) is 5.25. The highest BCUT2D eigenvalue weighted by molar-refractivity contribution is 7.17. The molecule has 0 aliphatic carbocycles. The van der Waals surface area contributed by atoms with Crippen molar-refractivity contribution in [2.24, 2.45) is 0 Å². The van der Waals surface area contributed by atoms with E-state index >= 15 is 0 Å². The van der Waals surface area contributed by atoms with Crippen molar-refractivity contribution in [1.82, 2.24) is 9.97 Å². The molecule has 0 atom stereocenters. The van der Waals surface area contributed by atoms with Crippen molar-refractivity contribution >= 4 is 32.9 Å². The predicted octanol–water partition coefficient (Wildman–Crippen LogP) is 3.63. The van der Waals surface area contributed by atoms with Gasteiger partial charge in [0.05, 0.1) is 0 Å². The summed E-state index contributed by atoms with van der Waals surface area (Å²) in [5.41, 5.74) is 2.40. The second kappa shape index (κ2) is 5.81. The highest BCUT2D eigenvalue weighted by atomic mass is 32.1. The van der Waals surface area contributed by atoms with Crippen LogP contribution in [0.4, 0.5) is 11.5 Å². The molecular formula is C18H20N4S. The summed E-state index contributed by atoms with van der Waals surface area (Å²) < 4.78 is 1.37. The lowest BCUT2D eigenvalue weighted by Gasteiger charge is -2.37. The van der Waals surface area contributed by atoms with Crippen LogP contribution in [-0.2, 0) is 0 Å². The molecule has 2 aromatic heterocycles. The van der Waals surface area contributed by atoms with Crippen molar-refractivity contribution in [2.75, 3.05) is 36.0 Å². The minimum Gasteiger partial charge on any atom is -0.367 e. The lowest BCUT2D eigenvalue weighted by Crippen LogP contribution is -2.47. The van der Waals surface area contributed by atoms with E-state index in [1.165, 1.54) is 15.8 Å². The van der Waals surface area contributed by atoms with Gasteiger partial charge in [-0.2, -0.15) is 0 Å². The summed E-state index contributed by atoms with van der Waals surface area (Å²) in [6, 6.07) is 10.9. The van der Waals surface area contributed by atoms with Gasteiger partial charge in [-0.15, -0.1) is 11.3 Å². The first kappa shape index (κ1) is 14.5. The molecule has 1 fully saturated rings. The fourth-order valence-corrected chi connectivity index (χ4v) is 4.10. The predicted molar refractivity (Wildman–Crippen MR) is 97.8 cm³/mol. The van der Waals surface area contributed by atoms with E-state index in [2.05, 4.69) is 55.5 Å². The molecule has 4 rings (SSSR count). The summed E-state index contributed by atoms with van der Waals surface area (Å²) in [6.45, 7) is 8.04. The Labute approximate surface area is 140 Å². The first-order valence-electron chi connectivity index (χ1n) is 7.99. The van der Waals surface area contributed by atoms with E-state index in [9.17, 15) is 0 Å². The van der Waals surface area contributed by atoms with E-state index < -0.39 is 0 Å². The van der Waals surface area contributed by atoms with E-state index in [0.717, 1.165) is 43.5 Å². The number of thiophene rings is 1. The van der Waals surface area contributed by atoms with Crippen molar-refractivity contribution in [1.29, 1.82) is 0 Å². The summed E-state index contributed by atoms with van der Waals surface area (Å²) in [7, 11) is 0. The number of hydrogen-bond acceptors (Lipinski definition) is 5. The van der Waals surface area contributed by atoms with Crippen LogP contribution in [0.15, 0.2) is 35.7 Å². The van der Waals surface area contributed by atoms with Crippen LogP contribution >= 0.6 is 11.3 Å². The quantitative estimate of drug-likeness (QED) is 0.720. The first-order valence-corrected chi connectivity index (χ1v) is 8.87. The largest absolute Gasteiger partial charge is 0.367 e. The molecule has 0 radical (unpaired) electrons. The summed E-state index contributed by atoms with van der Waals surface area (Å²) >= 11 is 1.81. The average Bonchev–Trinajstić information content (AvgIpc) is 3.02. The summed E-state index contributed by atoms with van der Waals surface area (Å²) in [5, 5.41) is 3.55. The van der Waals surface area contributed by atoms with Crippen molar-refractivity contribution < 1.29 is 0 Å². The summed E-state index contributed by atoms with van der Waals surface area (Å²) in [5.74, 6) is 1.91. The average molecular weight is 324 g/mol. The zero-order valence-electron chi connectivity index (χ0n) is 13.5. The molecule has 0 amide bonds. The van der Waals surface area contributed by atoms with Crippen LogP contribution in [0.5, 0.6) is 0 Å². The van der Waals surface area contributed by atoms with Gasteiger partial charge in [0.1, 0.15) is 11.6 Å². The highest BCUT2D eigenvalue weighted by Crippen LogP contribution is 2.31. The Balaban J connectivity index is 1.54. The molecule has 4 nitrogen and oxygen atoms in total. The molecule has 3 heterocycles. The molecule has 1 aliphatic heterocycles. The molecule has 3 aromatic rings. The van der Waals surface area contributed by atoms with Crippen molar-refractivity contribution in [2.45, 2.75) is 13.8 Å². The van der Waals surface area contributed by atoms with Crippen LogP contribution in [0.3, 0.4) is 0 Å². The standard InChI is InChI=1S/C18H20N4S/c1-13-12-18(20-14(2)19-13)22-9-7-21(8-10-22)16-4-3-5-17-15(16)6-11-23-17/h3-6,11-12H,7-10H2,1-2H3. The van der Waals surface area contributed by atoms with E-state index in [0.29, 0.717) is 0 Å². The zero-order chi connectivity index (χ0) is 15.8. The Hall–Kier alpha value is -2.14. The molecule has 0 unspecified atom stereocenters. The maximum absolute atomic E-state index is 4.60. The summed E-state index contributed by atoms with van der Waals surface area (Å²) in [4.78, 5) is 13.8. The number of fused-ring (bicyclic) bond motifs is 1. The number of aromatic nitrogens is 2. The fraction of sp³-hybridized carbons (Fsp3) is 0.333. The number of rotatable bonds is 2. The molecule has 0 bridgehead atoms. The molecule has 118 valence electrons. The van der Waals surface area contributed by atoms with Crippen LogP contribution in [0.1, 0.15) is 11.5 Å². The molecule has 1 aliphatic rings. The van der Waals surface area contributed by atoms with E-state index in [1.807, 2.05) is 25.2 Å². The molecule has 1 saturated heterocycles. The molecule has 5 heteroatoms. The monoisotopic (exact) mass is 324 g/mol. The van der Waals surface area contributed by atoms with Gasteiger partial charge in [-0.05, 0) is 37.4 Å². The smallest absolute Gasteiger partial charge is 0.132 e.